The number of likely N-dealkylation sites (N-methyl/N-ethyl adjacent to an activating group) is 1. The van der Waals surface area contributed by atoms with Gasteiger partial charge in [-0.2, -0.15) is 4.31 Å². The van der Waals surface area contributed by atoms with Crippen LogP contribution < -0.4 is 5.32 Å². The van der Waals surface area contributed by atoms with Crippen LogP contribution in [0.15, 0.2) is 11.0 Å². The van der Waals surface area contributed by atoms with Crippen molar-refractivity contribution in [1.82, 2.24) is 9.62 Å². The predicted molar refractivity (Wildman–Crippen MR) is 84.2 cm³/mol. The second-order valence-corrected chi connectivity index (χ2v) is 7.36. The molecule has 1 heterocycles. The summed E-state index contributed by atoms with van der Waals surface area (Å²) in [6.07, 6.45) is 0. The van der Waals surface area contributed by atoms with Crippen LogP contribution in [0.25, 0.3) is 0 Å². The first kappa shape index (κ1) is 17.4. The van der Waals surface area contributed by atoms with Gasteiger partial charge >= 0.3 is 0 Å². The van der Waals surface area contributed by atoms with E-state index >= 15 is 0 Å². The van der Waals surface area contributed by atoms with Crippen molar-refractivity contribution in [2.24, 2.45) is 0 Å². The third kappa shape index (κ3) is 2.72. The van der Waals surface area contributed by atoms with Crippen LogP contribution in [-0.2, 0) is 10.0 Å². The molecule has 0 bridgehead atoms. The molecule has 114 valence electrons. The van der Waals surface area contributed by atoms with Gasteiger partial charge in [0.05, 0.1) is 4.90 Å². The molecule has 1 aliphatic heterocycles. The molecule has 0 aliphatic carbocycles. The lowest BCUT2D eigenvalue weighted by Gasteiger charge is -2.35. The summed E-state index contributed by atoms with van der Waals surface area (Å²) >= 11 is 0. The Morgan fingerprint density at radius 2 is 1.55 bits per heavy atom. The molecule has 20 heavy (non-hydrogen) atoms. The third-order valence-corrected chi connectivity index (χ3v) is 6.39. The molecule has 6 heteroatoms. The Labute approximate surface area is 128 Å². The number of hydrogen-bond acceptors (Lipinski definition) is 3. The highest BCUT2D eigenvalue weighted by molar-refractivity contribution is 7.89. The van der Waals surface area contributed by atoms with Gasteiger partial charge < -0.3 is 5.32 Å². The van der Waals surface area contributed by atoms with Crippen molar-refractivity contribution >= 4 is 22.4 Å². The Kier molecular flexibility index (Phi) is 5.24. The maximum atomic E-state index is 12.8. The summed E-state index contributed by atoms with van der Waals surface area (Å²) < 4.78 is 27.1. The molecule has 0 radical (unpaired) electrons. The van der Waals surface area contributed by atoms with Gasteiger partial charge in [-0.3, -0.25) is 0 Å². The molecule has 2 rings (SSSR count). The SMILES string of the molecule is Cc1cc(C)c(C)c(S(=O)(=O)N(C)C2CNC2)c1C.Cl. The van der Waals surface area contributed by atoms with E-state index in [4.69, 9.17) is 0 Å². The molecule has 0 spiro atoms. The predicted octanol–water partition coefficient (Wildman–Crippen LogP) is 1.93. The third-order valence-electron chi connectivity index (χ3n) is 4.21. The van der Waals surface area contributed by atoms with Gasteiger partial charge in [-0.1, -0.05) is 6.07 Å². The fourth-order valence-electron chi connectivity index (χ4n) is 2.44. The Hall–Kier alpha value is -0.620. The van der Waals surface area contributed by atoms with E-state index in [9.17, 15) is 8.42 Å². The van der Waals surface area contributed by atoms with Gasteiger partial charge in [0, 0.05) is 26.2 Å². The zero-order valence-electron chi connectivity index (χ0n) is 12.6. The number of nitrogens with one attached hydrogen (secondary N) is 1. The quantitative estimate of drug-likeness (QED) is 0.926. The van der Waals surface area contributed by atoms with Crippen LogP contribution in [0.4, 0.5) is 0 Å². The zero-order valence-corrected chi connectivity index (χ0v) is 14.3. The van der Waals surface area contributed by atoms with Crippen LogP contribution in [0.3, 0.4) is 0 Å². The zero-order chi connectivity index (χ0) is 14.4. The van der Waals surface area contributed by atoms with Crippen molar-refractivity contribution in [1.29, 1.82) is 0 Å². The Balaban J connectivity index is 0.00000200. The summed E-state index contributed by atoms with van der Waals surface area (Å²) in [5.74, 6) is 0. The monoisotopic (exact) mass is 318 g/mol. The maximum absolute atomic E-state index is 12.8. The van der Waals surface area contributed by atoms with Crippen molar-refractivity contribution in [3.63, 3.8) is 0 Å². The van der Waals surface area contributed by atoms with Gasteiger partial charge in [0.1, 0.15) is 0 Å². The number of sulfonamides is 1. The molecule has 4 nitrogen and oxygen atoms in total. The maximum Gasteiger partial charge on any atom is 0.243 e. The largest absolute Gasteiger partial charge is 0.313 e. The van der Waals surface area contributed by atoms with Gasteiger partial charge in [-0.15, -0.1) is 12.4 Å². The first-order valence-electron chi connectivity index (χ1n) is 6.53. The van der Waals surface area contributed by atoms with Crippen LogP contribution in [0.2, 0.25) is 0 Å². The first-order chi connectivity index (χ1) is 8.76. The first-order valence-corrected chi connectivity index (χ1v) is 7.97. The van der Waals surface area contributed by atoms with Crippen LogP contribution in [-0.4, -0.2) is 38.9 Å². The van der Waals surface area contributed by atoms with E-state index in [1.54, 1.807) is 7.05 Å². The number of rotatable bonds is 3. The van der Waals surface area contributed by atoms with E-state index < -0.39 is 10.0 Å². The average Bonchev–Trinajstić information content (AvgIpc) is 2.24. The van der Waals surface area contributed by atoms with E-state index in [0.29, 0.717) is 4.90 Å². The molecule has 1 N–H and O–H groups in total. The van der Waals surface area contributed by atoms with Crippen LogP contribution in [0, 0.1) is 27.7 Å². The van der Waals surface area contributed by atoms with Gasteiger partial charge in [-0.25, -0.2) is 8.42 Å². The lowest BCUT2D eigenvalue weighted by atomic mass is 10.0. The molecule has 1 fully saturated rings. The van der Waals surface area contributed by atoms with Crippen LogP contribution in [0.1, 0.15) is 22.3 Å². The van der Waals surface area contributed by atoms with Crippen LogP contribution >= 0.6 is 12.4 Å². The van der Waals surface area contributed by atoms with E-state index in [2.05, 4.69) is 11.4 Å². The summed E-state index contributed by atoms with van der Waals surface area (Å²) in [5, 5.41) is 3.11. The summed E-state index contributed by atoms with van der Waals surface area (Å²) in [7, 11) is -1.73. The van der Waals surface area contributed by atoms with Crippen molar-refractivity contribution in [3.05, 3.63) is 28.3 Å². The lowest BCUT2D eigenvalue weighted by Crippen LogP contribution is -2.57. The van der Waals surface area contributed by atoms with E-state index in [1.165, 1.54) is 4.31 Å². The molecule has 1 saturated heterocycles. The minimum atomic E-state index is -3.41. The van der Waals surface area contributed by atoms with Gasteiger partial charge in [-0.05, 0) is 49.9 Å². The summed E-state index contributed by atoms with van der Waals surface area (Å²) in [6.45, 7) is 9.18. The molecule has 1 aliphatic rings. The van der Waals surface area contributed by atoms with Gasteiger partial charge in [0.25, 0.3) is 0 Å². The highest BCUT2D eigenvalue weighted by Gasteiger charge is 2.34. The fourth-order valence-corrected chi connectivity index (χ4v) is 4.36. The molecular weight excluding hydrogens is 296 g/mol. The Bertz CT molecular complexity index is 584. The number of hydrogen-bond donors (Lipinski definition) is 1. The molecule has 1 aromatic rings. The molecule has 0 atom stereocenters. The molecule has 0 saturated carbocycles. The normalized spacial score (nSPS) is 15.9. The average molecular weight is 319 g/mol. The topological polar surface area (TPSA) is 49.4 Å². The standard InChI is InChI=1S/C14H22N2O2S.ClH/c1-9-6-10(2)12(4)14(11(9)3)19(17,18)16(5)13-7-15-8-13;/h6,13,15H,7-8H2,1-5H3;1H. The molecule has 1 aromatic carbocycles. The highest BCUT2D eigenvalue weighted by Crippen LogP contribution is 2.29. The molecule has 0 amide bonds. The van der Waals surface area contributed by atoms with Crippen molar-refractivity contribution < 1.29 is 8.42 Å². The number of benzene rings is 1. The number of nitrogens with zero attached hydrogens (tertiary/aromatic N) is 1. The molecular formula is C14H23ClN2O2S. The van der Waals surface area contributed by atoms with Gasteiger partial charge in [0.2, 0.25) is 10.0 Å². The molecule has 0 unspecified atom stereocenters. The second kappa shape index (κ2) is 6.02. The highest BCUT2D eigenvalue weighted by atomic mass is 35.5. The van der Waals surface area contributed by atoms with E-state index in [1.807, 2.05) is 27.7 Å². The Morgan fingerprint density at radius 3 is 1.90 bits per heavy atom. The van der Waals surface area contributed by atoms with Crippen molar-refractivity contribution in [2.45, 2.75) is 38.6 Å². The smallest absolute Gasteiger partial charge is 0.243 e. The Morgan fingerprint density at radius 1 is 1.10 bits per heavy atom. The second-order valence-electron chi connectivity index (χ2n) is 5.42. The van der Waals surface area contributed by atoms with Crippen molar-refractivity contribution in [3.8, 4) is 0 Å². The van der Waals surface area contributed by atoms with E-state index in [-0.39, 0.29) is 18.4 Å². The van der Waals surface area contributed by atoms with Gasteiger partial charge in [0.15, 0.2) is 0 Å². The lowest BCUT2D eigenvalue weighted by molar-refractivity contribution is 0.274. The van der Waals surface area contributed by atoms with Crippen molar-refractivity contribution in [2.75, 3.05) is 20.1 Å². The fraction of sp³-hybridized carbons (Fsp3) is 0.571. The summed E-state index contributed by atoms with van der Waals surface area (Å²) in [5.41, 5.74) is 3.79. The number of halogens is 1. The van der Waals surface area contributed by atoms with E-state index in [0.717, 1.165) is 35.3 Å². The number of aryl methyl sites for hydroxylation is 2. The van der Waals surface area contributed by atoms with Crippen LogP contribution in [0.5, 0.6) is 0 Å². The summed E-state index contributed by atoms with van der Waals surface area (Å²) in [4.78, 5) is 0.486. The summed E-state index contributed by atoms with van der Waals surface area (Å²) in [6, 6.07) is 2.12. The minimum absolute atomic E-state index is 0. The minimum Gasteiger partial charge on any atom is -0.313 e. The molecule has 0 aromatic heterocycles.